The highest BCUT2D eigenvalue weighted by atomic mass is 79.9. The van der Waals surface area contributed by atoms with E-state index in [0.717, 1.165) is 41.1 Å². The molecule has 3 rings (SSSR count). The van der Waals surface area contributed by atoms with Gasteiger partial charge in [0.2, 0.25) is 0 Å². The Balaban J connectivity index is 1.98. The number of fused-ring (bicyclic) bond motifs is 1. The van der Waals surface area contributed by atoms with Gasteiger partial charge in [-0.3, -0.25) is 0 Å². The monoisotopic (exact) mass is 335 g/mol. The van der Waals surface area contributed by atoms with Gasteiger partial charge in [-0.25, -0.2) is 4.68 Å². The van der Waals surface area contributed by atoms with E-state index >= 15 is 0 Å². The number of hydrogen-bond donors (Lipinski definition) is 2. The quantitative estimate of drug-likeness (QED) is 0.906. The summed E-state index contributed by atoms with van der Waals surface area (Å²) >= 11 is 3.67. The molecule has 2 aromatic rings. The maximum absolute atomic E-state index is 9.07. The van der Waals surface area contributed by atoms with E-state index in [1.165, 1.54) is 5.56 Å². The van der Waals surface area contributed by atoms with Gasteiger partial charge in [-0.15, -0.1) is 0 Å². The molecule has 1 aliphatic heterocycles. The number of benzene rings is 1. The molecule has 5 heteroatoms. The van der Waals surface area contributed by atoms with E-state index < -0.39 is 0 Å². The lowest BCUT2D eigenvalue weighted by atomic mass is 10.0. The molecule has 1 aliphatic rings. The van der Waals surface area contributed by atoms with E-state index in [-0.39, 0.29) is 6.61 Å². The number of aryl methyl sites for hydroxylation is 1. The number of halogens is 1. The Morgan fingerprint density at radius 3 is 3.00 bits per heavy atom. The molecule has 4 nitrogen and oxygen atoms in total. The van der Waals surface area contributed by atoms with E-state index in [1.807, 2.05) is 16.8 Å². The summed E-state index contributed by atoms with van der Waals surface area (Å²) in [5, 5.41) is 17.2. The van der Waals surface area contributed by atoms with Crippen LogP contribution in [0.15, 0.2) is 28.7 Å². The summed E-state index contributed by atoms with van der Waals surface area (Å²) in [6, 6.07) is 8.27. The number of nitrogens with zero attached hydrogens (tertiary/aromatic N) is 2. The molecule has 0 spiro atoms. The predicted molar refractivity (Wildman–Crippen MR) is 83.8 cm³/mol. The number of rotatable bonds is 3. The van der Waals surface area contributed by atoms with Crippen molar-refractivity contribution in [2.24, 2.45) is 5.92 Å². The third-order valence-electron chi connectivity index (χ3n) is 3.82. The lowest BCUT2D eigenvalue weighted by Gasteiger charge is -2.24. The second-order valence-electron chi connectivity index (χ2n) is 5.27. The number of nitrogens with one attached hydrogen (secondary N) is 1. The molecule has 1 unspecified atom stereocenters. The van der Waals surface area contributed by atoms with Crippen LogP contribution in [0.1, 0.15) is 12.0 Å². The second kappa shape index (κ2) is 5.58. The van der Waals surface area contributed by atoms with Crippen molar-refractivity contribution in [3.05, 3.63) is 34.3 Å². The van der Waals surface area contributed by atoms with Crippen molar-refractivity contribution < 1.29 is 5.11 Å². The van der Waals surface area contributed by atoms with Crippen molar-refractivity contribution in [2.45, 2.75) is 19.9 Å². The van der Waals surface area contributed by atoms with Gasteiger partial charge in [-0.1, -0.05) is 24.3 Å². The van der Waals surface area contributed by atoms with Crippen molar-refractivity contribution in [2.75, 3.05) is 18.5 Å². The van der Waals surface area contributed by atoms with Crippen LogP contribution in [0.4, 0.5) is 5.82 Å². The molecule has 0 amide bonds. The number of anilines is 1. The van der Waals surface area contributed by atoms with Gasteiger partial charge < -0.3 is 10.4 Å². The van der Waals surface area contributed by atoms with Crippen molar-refractivity contribution in [3.8, 4) is 11.3 Å². The van der Waals surface area contributed by atoms with Gasteiger partial charge in [-0.05, 0) is 40.8 Å². The highest BCUT2D eigenvalue weighted by molar-refractivity contribution is 9.10. The molecule has 1 atom stereocenters. The summed E-state index contributed by atoms with van der Waals surface area (Å²) in [6.45, 7) is 4.07. The molecule has 0 bridgehead atoms. The SMILES string of the molecule is Cc1ccccc1-c1nn2c(c1Br)NCC(CCO)C2. The lowest BCUT2D eigenvalue weighted by molar-refractivity contribution is 0.244. The fourth-order valence-electron chi connectivity index (χ4n) is 2.68. The zero-order valence-corrected chi connectivity index (χ0v) is 13.0. The molecule has 106 valence electrons. The largest absolute Gasteiger partial charge is 0.396 e. The van der Waals surface area contributed by atoms with Crippen molar-refractivity contribution in [3.63, 3.8) is 0 Å². The number of aliphatic hydroxyl groups is 1. The Kier molecular flexibility index (Phi) is 3.81. The minimum absolute atomic E-state index is 0.231. The van der Waals surface area contributed by atoms with Crippen LogP contribution >= 0.6 is 15.9 Å². The van der Waals surface area contributed by atoms with Crippen LogP contribution in [0.3, 0.4) is 0 Å². The summed E-state index contributed by atoms with van der Waals surface area (Å²) in [4.78, 5) is 0. The molecule has 0 fully saturated rings. The number of hydrogen-bond acceptors (Lipinski definition) is 3. The smallest absolute Gasteiger partial charge is 0.139 e. The van der Waals surface area contributed by atoms with Gasteiger partial charge in [0, 0.05) is 25.3 Å². The van der Waals surface area contributed by atoms with E-state index in [9.17, 15) is 0 Å². The van der Waals surface area contributed by atoms with Gasteiger partial charge in [0.05, 0.1) is 4.47 Å². The average molecular weight is 336 g/mol. The van der Waals surface area contributed by atoms with Crippen LogP contribution in [-0.2, 0) is 6.54 Å². The zero-order chi connectivity index (χ0) is 14.1. The second-order valence-corrected chi connectivity index (χ2v) is 6.06. The normalized spacial score (nSPS) is 17.6. The van der Waals surface area contributed by atoms with Gasteiger partial charge in [-0.2, -0.15) is 5.10 Å². The van der Waals surface area contributed by atoms with E-state index in [1.54, 1.807) is 0 Å². The highest BCUT2D eigenvalue weighted by Gasteiger charge is 2.24. The molecule has 1 aromatic heterocycles. The first kappa shape index (κ1) is 13.6. The minimum atomic E-state index is 0.231. The first-order chi connectivity index (χ1) is 9.70. The molecule has 2 N–H and O–H groups in total. The van der Waals surface area contributed by atoms with Crippen LogP contribution < -0.4 is 5.32 Å². The van der Waals surface area contributed by atoms with Gasteiger partial charge in [0.15, 0.2) is 0 Å². The zero-order valence-electron chi connectivity index (χ0n) is 11.4. The van der Waals surface area contributed by atoms with Crippen LogP contribution in [0, 0.1) is 12.8 Å². The predicted octanol–water partition coefficient (Wildman–Crippen LogP) is 3.05. The van der Waals surface area contributed by atoms with Crippen molar-refractivity contribution in [1.29, 1.82) is 0 Å². The third-order valence-corrected chi connectivity index (χ3v) is 4.57. The third kappa shape index (κ3) is 2.36. The summed E-state index contributed by atoms with van der Waals surface area (Å²) in [5.41, 5.74) is 3.35. The fourth-order valence-corrected chi connectivity index (χ4v) is 3.32. The van der Waals surface area contributed by atoms with Crippen molar-refractivity contribution >= 4 is 21.7 Å². The molecule has 0 aliphatic carbocycles. The van der Waals surface area contributed by atoms with E-state index in [4.69, 9.17) is 10.2 Å². The van der Waals surface area contributed by atoms with Gasteiger partial charge in [0.25, 0.3) is 0 Å². The molecule has 0 radical (unpaired) electrons. The van der Waals surface area contributed by atoms with E-state index in [0.29, 0.717) is 5.92 Å². The van der Waals surface area contributed by atoms with Crippen molar-refractivity contribution in [1.82, 2.24) is 9.78 Å². The average Bonchev–Trinajstić information content (AvgIpc) is 2.77. The molecular weight excluding hydrogens is 318 g/mol. The molecule has 0 saturated heterocycles. The van der Waals surface area contributed by atoms with E-state index in [2.05, 4.69) is 40.3 Å². The Labute approximate surface area is 126 Å². The molecule has 0 saturated carbocycles. The highest BCUT2D eigenvalue weighted by Crippen LogP contribution is 2.37. The molecular formula is C15H18BrN3O. The fraction of sp³-hybridized carbons (Fsp3) is 0.400. The topological polar surface area (TPSA) is 50.1 Å². The maximum Gasteiger partial charge on any atom is 0.139 e. The number of aromatic nitrogens is 2. The summed E-state index contributed by atoms with van der Waals surface area (Å²) < 4.78 is 3.03. The maximum atomic E-state index is 9.07. The minimum Gasteiger partial charge on any atom is -0.396 e. The van der Waals surface area contributed by atoms with Crippen LogP contribution in [0.25, 0.3) is 11.3 Å². The first-order valence-corrected chi connectivity index (χ1v) is 7.67. The first-order valence-electron chi connectivity index (χ1n) is 6.87. The summed E-state index contributed by atoms with van der Waals surface area (Å²) in [6.07, 6.45) is 0.809. The summed E-state index contributed by atoms with van der Waals surface area (Å²) in [7, 11) is 0. The Morgan fingerprint density at radius 1 is 1.45 bits per heavy atom. The Hall–Kier alpha value is -1.33. The molecule has 20 heavy (non-hydrogen) atoms. The summed E-state index contributed by atoms with van der Waals surface area (Å²) in [5.74, 6) is 1.47. The molecule has 2 heterocycles. The number of aliphatic hydroxyl groups excluding tert-OH is 1. The van der Waals surface area contributed by atoms with Gasteiger partial charge >= 0.3 is 0 Å². The standard InChI is InChI=1S/C15H18BrN3O/c1-10-4-2-3-5-12(10)14-13(16)15-17-8-11(6-7-20)9-19(15)18-14/h2-5,11,17,20H,6-9H2,1H3. The Bertz CT molecular complexity index is 624. The van der Waals surface area contributed by atoms with Crippen LogP contribution in [0.2, 0.25) is 0 Å². The van der Waals surface area contributed by atoms with Crippen LogP contribution in [0.5, 0.6) is 0 Å². The van der Waals surface area contributed by atoms with Crippen LogP contribution in [-0.4, -0.2) is 28.0 Å². The van der Waals surface area contributed by atoms with Gasteiger partial charge in [0.1, 0.15) is 11.5 Å². The lowest BCUT2D eigenvalue weighted by Crippen LogP contribution is -2.28. The Morgan fingerprint density at radius 2 is 2.25 bits per heavy atom. The molecule has 1 aromatic carbocycles.